The van der Waals surface area contributed by atoms with E-state index >= 15 is 0 Å². The molecule has 2 heterocycles. The second kappa shape index (κ2) is 6.84. The number of nitrogens with zero attached hydrogens (tertiary/aromatic N) is 2. The van der Waals surface area contributed by atoms with Gasteiger partial charge in [0.2, 0.25) is 5.91 Å². The van der Waals surface area contributed by atoms with Crippen LogP contribution in [-0.4, -0.2) is 55.2 Å². The summed E-state index contributed by atoms with van der Waals surface area (Å²) in [6.45, 7) is 2.35. The van der Waals surface area contributed by atoms with Crippen molar-refractivity contribution in [3.63, 3.8) is 0 Å². The number of piperidine rings is 1. The Morgan fingerprint density at radius 2 is 1.36 bits per heavy atom. The van der Waals surface area contributed by atoms with Crippen molar-refractivity contribution in [2.24, 2.45) is 5.92 Å². The van der Waals surface area contributed by atoms with E-state index in [4.69, 9.17) is 0 Å². The Morgan fingerprint density at radius 3 is 1.91 bits per heavy atom. The molecule has 1 N–H and O–H groups in total. The lowest BCUT2D eigenvalue weighted by Gasteiger charge is -2.34. The molecule has 0 aromatic rings. The molecule has 3 rings (SSSR count). The summed E-state index contributed by atoms with van der Waals surface area (Å²) in [5.41, 5.74) is 0. The molecule has 1 amide bonds. The maximum atomic E-state index is 12.7. The van der Waals surface area contributed by atoms with Gasteiger partial charge in [0.1, 0.15) is 0 Å². The van der Waals surface area contributed by atoms with Gasteiger partial charge in [0.15, 0.2) is 0 Å². The van der Waals surface area contributed by atoms with Crippen LogP contribution in [0, 0.1) is 5.92 Å². The minimum atomic E-state index is -3.31. The molecule has 2 aliphatic heterocycles. The highest BCUT2D eigenvalue weighted by Crippen LogP contribution is 2.29. The third-order valence-electron chi connectivity index (χ3n) is 4.97. The predicted molar refractivity (Wildman–Crippen MR) is 84.4 cm³/mol. The van der Waals surface area contributed by atoms with Crippen LogP contribution in [0.4, 0.5) is 0 Å². The van der Waals surface area contributed by atoms with E-state index in [9.17, 15) is 13.2 Å². The fourth-order valence-corrected chi connectivity index (χ4v) is 5.05. The summed E-state index contributed by atoms with van der Waals surface area (Å²) >= 11 is 0. The highest BCUT2D eigenvalue weighted by molar-refractivity contribution is 7.86. The van der Waals surface area contributed by atoms with Crippen LogP contribution in [0.3, 0.4) is 0 Å². The zero-order valence-electron chi connectivity index (χ0n) is 13.2. The van der Waals surface area contributed by atoms with Crippen molar-refractivity contribution in [2.45, 2.75) is 57.4 Å². The van der Waals surface area contributed by atoms with Gasteiger partial charge in [-0.05, 0) is 38.5 Å². The van der Waals surface area contributed by atoms with E-state index in [2.05, 4.69) is 5.32 Å². The van der Waals surface area contributed by atoms with Crippen LogP contribution in [0.15, 0.2) is 0 Å². The van der Waals surface area contributed by atoms with Crippen molar-refractivity contribution >= 4 is 16.1 Å². The number of carbonyl (C=O) groups is 1. The zero-order valence-corrected chi connectivity index (χ0v) is 14.0. The van der Waals surface area contributed by atoms with Crippen molar-refractivity contribution in [3.8, 4) is 0 Å². The van der Waals surface area contributed by atoms with Gasteiger partial charge in [0.25, 0.3) is 10.2 Å². The van der Waals surface area contributed by atoms with E-state index in [0.29, 0.717) is 26.2 Å². The van der Waals surface area contributed by atoms with Gasteiger partial charge in [-0.2, -0.15) is 17.0 Å². The Hall–Kier alpha value is -0.660. The highest BCUT2D eigenvalue weighted by Gasteiger charge is 2.35. The van der Waals surface area contributed by atoms with Gasteiger partial charge >= 0.3 is 0 Å². The summed E-state index contributed by atoms with van der Waals surface area (Å²) < 4.78 is 28.7. The number of nitrogens with one attached hydrogen (secondary N) is 1. The lowest BCUT2D eigenvalue weighted by molar-refractivity contribution is -0.123. The first-order valence-corrected chi connectivity index (χ1v) is 10.0. The van der Waals surface area contributed by atoms with E-state index in [1.807, 2.05) is 0 Å². The summed E-state index contributed by atoms with van der Waals surface area (Å²) in [6, 6.07) is 0.142. The Morgan fingerprint density at radius 1 is 0.818 bits per heavy atom. The molecule has 0 radical (unpaired) electrons. The smallest absolute Gasteiger partial charge is 0.281 e. The molecule has 1 saturated carbocycles. The molecule has 2 saturated heterocycles. The van der Waals surface area contributed by atoms with Gasteiger partial charge in [0, 0.05) is 38.1 Å². The molecule has 0 unspecified atom stereocenters. The average molecular weight is 329 g/mol. The molecule has 0 bridgehead atoms. The summed E-state index contributed by atoms with van der Waals surface area (Å²) in [5, 5.41) is 3.07. The van der Waals surface area contributed by atoms with E-state index in [1.54, 1.807) is 8.61 Å². The van der Waals surface area contributed by atoms with Gasteiger partial charge < -0.3 is 5.32 Å². The number of hydrogen-bond acceptors (Lipinski definition) is 3. The Balaban J connectivity index is 1.51. The fraction of sp³-hybridized carbons (Fsp3) is 0.933. The number of amides is 1. The standard InChI is InChI=1S/C15H27N3O3S/c19-15(13-5-6-13)16-14-7-11-18(12-8-14)22(20,21)17-9-3-1-2-4-10-17/h13-14H,1-12H2,(H,16,19). The van der Waals surface area contributed by atoms with Crippen LogP contribution in [-0.2, 0) is 15.0 Å². The van der Waals surface area contributed by atoms with E-state index in [1.165, 1.54) is 0 Å². The van der Waals surface area contributed by atoms with Gasteiger partial charge in [-0.25, -0.2) is 0 Å². The van der Waals surface area contributed by atoms with Crippen molar-refractivity contribution in [1.29, 1.82) is 0 Å². The molecular weight excluding hydrogens is 302 g/mol. The molecule has 0 aromatic heterocycles. The van der Waals surface area contributed by atoms with Crippen LogP contribution in [0.2, 0.25) is 0 Å². The fourth-order valence-electron chi connectivity index (χ4n) is 3.33. The molecule has 0 atom stereocenters. The molecule has 22 heavy (non-hydrogen) atoms. The molecule has 3 fully saturated rings. The predicted octanol–water partition coefficient (Wildman–Crippen LogP) is 1.10. The number of hydrogen-bond donors (Lipinski definition) is 1. The SMILES string of the molecule is O=C(NC1CCN(S(=O)(=O)N2CCCCCC2)CC1)C1CC1. The molecule has 6 nitrogen and oxygen atoms in total. The minimum absolute atomic E-state index is 0.142. The second-order valence-electron chi connectivity index (χ2n) is 6.78. The van der Waals surface area contributed by atoms with E-state index < -0.39 is 10.2 Å². The molecular formula is C15H27N3O3S. The normalized spacial score (nSPS) is 26.5. The van der Waals surface area contributed by atoms with Gasteiger partial charge in [0.05, 0.1) is 0 Å². The van der Waals surface area contributed by atoms with Gasteiger partial charge in [-0.1, -0.05) is 12.8 Å². The number of rotatable bonds is 4. The van der Waals surface area contributed by atoms with Gasteiger partial charge in [-0.3, -0.25) is 4.79 Å². The quantitative estimate of drug-likeness (QED) is 0.839. The Labute approximate surface area is 133 Å². The topological polar surface area (TPSA) is 69.7 Å². The molecule has 0 aromatic carbocycles. The molecule has 7 heteroatoms. The van der Waals surface area contributed by atoms with Crippen LogP contribution >= 0.6 is 0 Å². The lowest BCUT2D eigenvalue weighted by Crippen LogP contribution is -2.51. The molecule has 3 aliphatic rings. The Bertz CT molecular complexity index is 488. The van der Waals surface area contributed by atoms with Crippen molar-refractivity contribution < 1.29 is 13.2 Å². The van der Waals surface area contributed by atoms with Crippen molar-refractivity contribution in [3.05, 3.63) is 0 Å². The first kappa shape index (κ1) is 16.2. The van der Waals surface area contributed by atoms with Crippen LogP contribution in [0.5, 0.6) is 0 Å². The Kier molecular flexibility index (Phi) is 5.04. The first-order chi connectivity index (χ1) is 10.6. The summed E-state index contributed by atoms with van der Waals surface area (Å²) in [6.07, 6.45) is 7.65. The third-order valence-corrected chi connectivity index (χ3v) is 7.00. The van der Waals surface area contributed by atoms with E-state index in [-0.39, 0.29) is 17.9 Å². The lowest BCUT2D eigenvalue weighted by atomic mass is 10.1. The van der Waals surface area contributed by atoms with Crippen molar-refractivity contribution in [1.82, 2.24) is 13.9 Å². The summed E-state index contributed by atoms with van der Waals surface area (Å²) in [5.74, 6) is 0.382. The average Bonchev–Trinajstić information content (AvgIpc) is 3.34. The zero-order chi connectivity index (χ0) is 15.6. The van der Waals surface area contributed by atoms with Crippen LogP contribution in [0.1, 0.15) is 51.4 Å². The molecule has 1 aliphatic carbocycles. The monoisotopic (exact) mass is 329 g/mol. The maximum absolute atomic E-state index is 12.7. The van der Waals surface area contributed by atoms with Gasteiger partial charge in [-0.15, -0.1) is 0 Å². The largest absolute Gasteiger partial charge is 0.353 e. The molecule has 0 spiro atoms. The van der Waals surface area contributed by atoms with E-state index in [0.717, 1.165) is 51.4 Å². The summed E-state index contributed by atoms with van der Waals surface area (Å²) in [4.78, 5) is 11.8. The second-order valence-corrected chi connectivity index (χ2v) is 8.71. The van der Waals surface area contributed by atoms with Crippen molar-refractivity contribution in [2.75, 3.05) is 26.2 Å². The maximum Gasteiger partial charge on any atom is 0.281 e. The van der Waals surface area contributed by atoms with Crippen LogP contribution < -0.4 is 5.32 Å². The highest BCUT2D eigenvalue weighted by atomic mass is 32.2. The summed E-state index contributed by atoms with van der Waals surface area (Å²) in [7, 11) is -3.31. The third kappa shape index (κ3) is 3.81. The van der Waals surface area contributed by atoms with Crippen LogP contribution in [0.25, 0.3) is 0 Å². The number of carbonyl (C=O) groups excluding carboxylic acids is 1. The molecule has 126 valence electrons. The first-order valence-electron chi connectivity index (χ1n) is 8.63. The minimum Gasteiger partial charge on any atom is -0.353 e.